The van der Waals surface area contributed by atoms with E-state index in [1.165, 1.54) is 12.3 Å². The maximum Gasteiger partial charge on any atom is 0.422 e. The van der Waals surface area contributed by atoms with E-state index in [9.17, 15) is 22.8 Å². The van der Waals surface area contributed by atoms with Crippen LogP contribution in [-0.4, -0.2) is 29.5 Å². The zero-order chi connectivity index (χ0) is 19.9. The molecule has 2 aromatic rings. The van der Waals surface area contributed by atoms with Crippen LogP contribution in [0.1, 0.15) is 28.8 Å². The minimum Gasteiger partial charge on any atom is -0.468 e. The highest BCUT2D eigenvalue weighted by Crippen LogP contribution is 2.17. The van der Waals surface area contributed by atoms with Crippen molar-refractivity contribution in [2.75, 3.05) is 6.61 Å². The first-order valence-electron chi connectivity index (χ1n) is 7.93. The van der Waals surface area contributed by atoms with Crippen molar-refractivity contribution in [3.05, 3.63) is 58.7 Å². The highest BCUT2D eigenvalue weighted by atomic mass is 35.5. The van der Waals surface area contributed by atoms with E-state index in [0.717, 1.165) is 0 Å². The van der Waals surface area contributed by atoms with E-state index in [4.69, 9.17) is 11.6 Å². The van der Waals surface area contributed by atoms with Crippen molar-refractivity contribution in [3.63, 3.8) is 0 Å². The molecule has 0 aliphatic heterocycles. The predicted octanol–water partition coefficient (Wildman–Crippen LogP) is 3.96. The molecule has 27 heavy (non-hydrogen) atoms. The summed E-state index contributed by atoms with van der Waals surface area (Å²) in [6.07, 6.45) is -3.15. The Labute approximate surface area is 158 Å². The van der Waals surface area contributed by atoms with E-state index < -0.39 is 12.8 Å². The average Bonchev–Trinajstić information content (AvgIpc) is 2.63. The van der Waals surface area contributed by atoms with Crippen LogP contribution < -0.4 is 10.1 Å². The number of nitrogens with one attached hydrogen (secondary N) is 1. The number of hydrogen-bond donors (Lipinski definition) is 1. The molecule has 1 heterocycles. The molecule has 0 saturated heterocycles. The minimum absolute atomic E-state index is 0.00995. The van der Waals surface area contributed by atoms with Gasteiger partial charge in [0.05, 0.1) is 0 Å². The molecule has 0 spiro atoms. The molecule has 0 aliphatic rings. The van der Waals surface area contributed by atoms with Crippen LogP contribution in [0, 0.1) is 0 Å². The van der Waals surface area contributed by atoms with Crippen LogP contribution in [0.3, 0.4) is 0 Å². The summed E-state index contributed by atoms with van der Waals surface area (Å²) < 4.78 is 41.0. The van der Waals surface area contributed by atoms with Gasteiger partial charge in [0.15, 0.2) is 12.4 Å². The normalized spacial score (nSPS) is 11.1. The van der Waals surface area contributed by atoms with Crippen LogP contribution in [0.5, 0.6) is 5.88 Å². The van der Waals surface area contributed by atoms with Crippen LogP contribution in [0.2, 0.25) is 5.02 Å². The Kier molecular flexibility index (Phi) is 7.18. The molecule has 1 aromatic carbocycles. The van der Waals surface area contributed by atoms with Crippen molar-refractivity contribution in [1.29, 1.82) is 0 Å². The lowest BCUT2D eigenvalue weighted by atomic mass is 10.1. The number of carbonyl (C=O) groups is 2. The van der Waals surface area contributed by atoms with Crippen molar-refractivity contribution in [1.82, 2.24) is 10.3 Å². The van der Waals surface area contributed by atoms with Crippen molar-refractivity contribution >= 4 is 23.3 Å². The zero-order valence-electron chi connectivity index (χ0n) is 14.1. The largest absolute Gasteiger partial charge is 0.468 e. The molecule has 1 amide bonds. The summed E-state index contributed by atoms with van der Waals surface area (Å²) in [7, 11) is 0. The maximum absolute atomic E-state index is 12.1. The molecule has 5 nitrogen and oxygen atoms in total. The van der Waals surface area contributed by atoms with Gasteiger partial charge in [-0.25, -0.2) is 4.98 Å². The molecule has 0 radical (unpaired) electrons. The van der Waals surface area contributed by atoms with Crippen molar-refractivity contribution in [2.24, 2.45) is 0 Å². The number of Topliss-reactive ketones (excluding diaryl/α,β-unsaturated/α-hetero) is 1. The zero-order valence-corrected chi connectivity index (χ0v) is 14.8. The fraction of sp³-hybridized carbons (Fsp3) is 0.278. The van der Waals surface area contributed by atoms with Gasteiger partial charge in [-0.1, -0.05) is 11.6 Å². The highest BCUT2D eigenvalue weighted by molar-refractivity contribution is 6.30. The Bertz CT molecular complexity index is 795. The first kappa shape index (κ1) is 20.7. The third kappa shape index (κ3) is 7.65. The molecule has 0 bridgehead atoms. The van der Waals surface area contributed by atoms with E-state index in [2.05, 4.69) is 15.0 Å². The summed E-state index contributed by atoms with van der Waals surface area (Å²) in [5.74, 6) is -0.725. The fourth-order valence-corrected chi connectivity index (χ4v) is 2.22. The number of carbonyl (C=O) groups excluding carboxylic acids is 2. The lowest BCUT2D eigenvalue weighted by Gasteiger charge is -2.10. The van der Waals surface area contributed by atoms with Gasteiger partial charge in [-0.15, -0.1) is 0 Å². The summed E-state index contributed by atoms with van der Waals surface area (Å²) in [4.78, 5) is 27.5. The third-order valence-corrected chi connectivity index (χ3v) is 3.67. The molecular weight excluding hydrogens is 385 g/mol. The van der Waals surface area contributed by atoms with E-state index in [1.54, 1.807) is 30.3 Å². The van der Waals surface area contributed by atoms with E-state index >= 15 is 0 Å². The molecule has 9 heteroatoms. The number of ether oxygens (including phenoxy) is 1. The molecule has 0 atom stereocenters. The third-order valence-electron chi connectivity index (χ3n) is 3.42. The van der Waals surface area contributed by atoms with Gasteiger partial charge in [0, 0.05) is 42.2 Å². The summed E-state index contributed by atoms with van der Waals surface area (Å²) in [5.41, 5.74) is 0.993. The number of benzene rings is 1. The molecule has 0 fully saturated rings. The summed E-state index contributed by atoms with van der Waals surface area (Å²) in [5, 5.41) is 3.11. The fourth-order valence-electron chi connectivity index (χ4n) is 2.09. The summed E-state index contributed by atoms with van der Waals surface area (Å²) in [6.45, 7) is -1.36. The summed E-state index contributed by atoms with van der Waals surface area (Å²) in [6, 6.07) is 9.21. The number of rotatable bonds is 8. The molecule has 0 aliphatic carbocycles. The van der Waals surface area contributed by atoms with Gasteiger partial charge in [-0.3, -0.25) is 9.59 Å². The van der Waals surface area contributed by atoms with E-state index in [1.807, 2.05) is 0 Å². The van der Waals surface area contributed by atoms with Crippen LogP contribution in [-0.2, 0) is 11.3 Å². The minimum atomic E-state index is -4.46. The number of ketones is 1. The van der Waals surface area contributed by atoms with Gasteiger partial charge in [0.1, 0.15) is 0 Å². The van der Waals surface area contributed by atoms with Gasteiger partial charge < -0.3 is 10.1 Å². The first-order chi connectivity index (χ1) is 12.7. The standard InChI is InChI=1S/C18H16ClF3N2O3/c19-14-3-1-13(2-4-14)15(25)5-6-16(26)24-10-12-7-8-23-17(9-12)27-11-18(20,21)22/h1-4,7-9H,5-6,10-11H2,(H,24,26). The van der Waals surface area contributed by atoms with Gasteiger partial charge in [0.25, 0.3) is 0 Å². The SMILES string of the molecule is O=C(CCC(=O)c1ccc(Cl)cc1)NCc1ccnc(OCC(F)(F)F)c1. The quantitative estimate of drug-likeness (QED) is 0.681. The molecule has 0 saturated carbocycles. The Morgan fingerprint density at radius 2 is 1.81 bits per heavy atom. The summed E-state index contributed by atoms with van der Waals surface area (Å²) >= 11 is 5.75. The second-order valence-corrected chi connectivity index (χ2v) is 6.05. The average molecular weight is 401 g/mol. The van der Waals surface area contributed by atoms with Crippen LogP contribution in [0.15, 0.2) is 42.6 Å². The van der Waals surface area contributed by atoms with Gasteiger partial charge in [-0.05, 0) is 35.9 Å². The van der Waals surface area contributed by atoms with Gasteiger partial charge >= 0.3 is 6.18 Å². The van der Waals surface area contributed by atoms with E-state index in [-0.39, 0.29) is 37.0 Å². The van der Waals surface area contributed by atoms with Crippen LogP contribution in [0.25, 0.3) is 0 Å². The molecule has 1 aromatic heterocycles. The van der Waals surface area contributed by atoms with Crippen molar-refractivity contribution in [3.8, 4) is 5.88 Å². The second kappa shape index (κ2) is 9.36. The smallest absolute Gasteiger partial charge is 0.422 e. The maximum atomic E-state index is 12.1. The monoisotopic (exact) mass is 400 g/mol. The molecule has 0 unspecified atom stereocenters. The lowest BCUT2D eigenvalue weighted by molar-refractivity contribution is -0.154. The number of alkyl halides is 3. The molecular formula is C18H16ClF3N2O3. The lowest BCUT2D eigenvalue weighted by Crippen LogP contribution is -2.23. The number of hydrogen-bond acceptors (Lipinski definition) is 4. The molecule has 1 N–H and O–H groups in total. The first-order valence-corrected chi connectivity index (χ1v) is 8.31. The Morgan fingerprint density at radius 1 is 1.11 bits per heavy atom. The van der Waals surface area contributed by atoms with Gasteiger partial charge in [-0.2, -0.15) is 13.2 Å². The number of halogens is 4. The number of amides is 1. The van der Waals surface area contributed by atoms with E-state index in [0.29, 0.717) is 16.1 Å². The Morgan fingerprint density at radius 3 is 2.48 bits per heavy atom. The molecule has 2 rings (SSSR count). The number of pyridine rings is 1. The molecule has 144 valence electrons. The van der Waals surface area contributed by atoms with Crippen LogP contribution in [0.4, 0.5) is 13.2 Å². The van der Waals surface area contributed by atoms with Crippen LogP contribution >= 0.6 is 11.6 Å². The Hall–Kier alpha value is -2.61. The van der Waals surface area contributed by atoms with Crippen molar-refractivity contribution in [2.45, 2.75) is 25.6 Å². The van der Waals surface area contributed by atoms with Gasteiger partial charge in [0.2, 0.25) is 11.8 Å². The highest BCUT2D eigenvalue weighted by Gasteiger charge is 2.28. The predicted molar refractivity (Wildman–Crippen MR) is 92.7 cm³/mol. The second-order valence-electron chi connectivity index (χ2n) is 5.61. The number of nitrogens with zero attached hydrogens (tertiary/aromatic N) is 1. The Balaban J connectivity index is 1.78. The topological polar surface area (TPSA) is 68.3 Å². The van der Waals surface area contributed by atoms with Crippen molar-refractivity contribution < 1.29 is 27.5 Å². The number of aromatic nitrogens is 1.